The number of ether oxygens (including phenoxy) is 2. The van der Waals surface area contributed by atoms with E-state index in [0.29, 0.717) is 11.4 Å². The molecule has 12 heteroatoms. The van der Waals surface area contributed by atoms with E-state index < -0.39 is 74.5 Å². The second-order valence-electron chi connectivity index (χ2n) is 8.27. The largest absolute Gasteiger partial charge is 0.394 e. The van der Waals surface area contributed by atoms with Crippen LogP contribution in [0.2, 0.25) is 0 Å². The van der Waals surface area contributed by atoms with Crippen LogP contribution in [-0.4, -0.2) is 115 Å². The van der Waals surface area contributed by atoms with Crippen LogP contribution in [0.3, 0.4) is 0 Å². The molecule has 1 aromatic rings. The highest BCUT2D eigenvalue weighted by molar-refractivity contribution is 5.71. The molecule has 0 aliphatic carbocycles. The number of nitrogens with one attached hydrogen (secondary N) is 2. The molecule has 2 aliphatic rings. The highest BCUT2D eigenvalue weighted by atomic mass is 16.6. The average Bonchev–Trinajstić information content (AvgIpc) is 2.77. The Morgan fingerprint density at radius 1 is 0.625 bits per heavy atom. The van der Waals surface area contributed by atoms with Gasteiger partial charge in [0.05, 0.1) is 24.6 Å². The van der Waals surface area contributed by atoms with E-state index in [0.717, 1.165) is 11.1 Å². The van der Waals surface area contributed by atoms with Crippen LogP contribution in [0.1, 0.15) is 11.1 Å². The zero-order chi connectivity index (χ0) is 23.7. The monoisotopic (exact) mass is 460 g/mol. The zero-order valence-corrected chi connectivity index (χ0v) is 17.7. The van der Waals surface area contributed by atoms with Gasteiger partial charge in [-0.15, -0.1) is 0 Å². The molecule has 0 radical (unpaired) electrons. The summed E-state index contributed by atoms with van der Waals surface area (Å²) in [4.78, 5) is 0. The number of rotatable bonds is 6. The molecule has 10 unspecified atom stereocenters. The second-order valence-corrected chi connectivity index (χ2v) is 8.27. The van der Waals surface area contributed by atoms with Gasteiger partial charge in [-0.05, 0) is 37.1 Å². The van der Waals surface area contributed by atoms with Crippen LogP contribution in [-0.2, 0) is 9.47 Å². The van der Waals surface area contributed by atoms with Crippen molar-refractivity contribution in [3.8, 4) is 0 Å². The van der Waals surface area contributed by atoms with Crippen LogP contribution in [0.5, 0.6) is 0 Å². The molecule has 1 aromatic carbocycles. The fourth-order valence-corrected chi connectivity index (χ4v) is 3.80. The summed E-state index contributed by atoms with van der Waals surface area (Å²) in [7, 11) is 0. The maximum atomic E-state index is 10.3. The van der Waals surface area contributed by atoms with Crippen molar-refractivity contribution in [1.29, 1.82) is 0 Å². The molecule has 12 nitrogen and oxygen atoms in total. The standard InChI is InChI=1S/C20H32N2O10/c1-7-3-9(21-19-17(29)15(27)13(25)11(5-23)31-19)10(4-8(7)2)22-20-18(30)16(28)14(26)12(6-24)32-20/h3-4,11-30H,5-6H2,1-2H3. The summed E-state index contributed by atoms with van der Waals surface area (Å²) in [5.41, 5.74) is 2.46. The van der Waals surface area contributed by atoms with E-state index in [4.69, 9.17) is 9.47 Å². The zero-order valence-electron chi connectivity index (χ0n) is 17.7. The molecule has 2 heterocycles. The van der Waals surface area contributed by atoms with Crippen molar-refractivity contribution < 1.29 is 50.3 Å². The molecule has 10 N–H and O–H groups in total. The van der Waals surface area contributed by atoms with E-state index in [-0.39, 0.29) is 0 Å². The van der Waals surface area contributed by atoms with Gasteiger partial charge in [-0.25, -0.2) is 0 Å². The fraction of sp³-hybridized carbons (Fsp3) is 0.700. The lowest BCUT2D eigenvalue weighted by molar-refractivity contribution is -0.222. The van der Waals surface area contributed by atoms with E-state index in [2.05, 4.69) is 10.6 Å². The highest BCUT2D eigenvalue weighted by Gasteiger charge is 2.45. The molecular weight excluding hydrogens is 428 g/mol. The molecule has 0 spiro atoms. The maximum absolute atomic E-state index is 10.3. The number of hydrogen-bond acceptors (Lipinski definition) is 12. The van der Waals surface area contributed by atoms with Gasteiger partial charge in [0.2, 0.25) is 0 Å². The molecule has 2 aliphatic heterocycles. The lowest BCUT2D eigenvalue weighted by Gasteiger charge is -2.42. The summed E-state index contributed by atoms with van der Waals surface area (Å²) < 4.78 is 11.0. The van der Waals surface area contributed by atoms with Crippen LogP contribution in [0.25, 0.3) is 0 Å². The predicted molar refractivity (Wildman–Crippen MR) is 111 cm³/mol. The quantitative estimate of drug-likeness (QED) is 0.203. The summed E-state index contributed by atoms with van der Waals surface area (Å²) in [5, 5.41) is 85.3. The Labute approximate surface area is 184 Å². The minimum Gasteiger partial charge on any atom is -0.394 e. The summed E-state index contributed by atoms with van der Waals surface area (Å²) in [6, 6.07) is 3.42. The lowest BCUT2D eigenvalue weighted by atomic mass is 9.97. The van der Waals surface area contributed by atoms with Crippen LogP contribution in [0.4, 0.5) is 11.4 Å². The molecule has 2 saturated heterocycles. The third-order valence-electron chi connectivity index (χ3n) is 6.01. The third kappa shape index (κ3) is 4.84. The molecule has 0 saturated carbocycles. The molecule has 32 heavy (non-hydrogen) atoms. The van der Waals surface area contributed by atoms with Crippen molar-refractivity contribution in [2.75, 3.05) is 23.8 Å². The van der Waals surface area contributed by atoms with Crippen LogP contribution >= 0.6 is 0 Å². The Kier molecular flexibility index (Phi) is 7.93. The maximum Gasteiger partial charge on any atom is 0.157 e. The van der Waals surface area contributed by atoms with E-state index in [9.17, 15) is 40.9 Å². The molecule has 0 aromatic heterocycles. The van der Waals surface area contributed by atoms with Crippen molar-refractivity contribution in [2.45, 2.75) is 75.1 Å². The highest BCUT2D eigenvalue weighted by Crippen LogP contribution is 2.32. The number of hydrogen-bond donors (Lipinski definition) is 10. The van der Waals surface area contributed by atoms with Crippen molar-refractivity contribution in [3.05, 3.63) is 23.3 Å². The van der Waals surface area contributed by atoms with Crippen LogP contribution in [0, 0.1) is 13.8 Å². The number of aryl methyl sites for hydroxylation is 2. The van der Waals surface area contributed by atoms with E-state index in [1.165, 1.54) is 0 Å². The van der Waals surface area contributed by atoms with Crippen LogP contribution in [0.15, 0.2) is 12.1 Å². The first-order valence-electron chi connectivity index (χ1n) is 10.3. The third-order valence-corrected chi connectivity index (χ3v) is 6.01. The van der Waals surface area contributed by atoms with Gasteiger partial charge in [-0.1, -0.05) is 0 Å². The van der Waals surface area contributed by atoms with E-state index in [1.54, 1.807) is 12.1 Å². The second kappa shape index (κ2) is 10.1. The Morgan fingerprint density at radius 2 is 0.969 bits per heavy atom. The Morgan fingerprint density at radius 3 is 1.28 bits per heavy atom. The summed E-state index contributed by atoms with van der Waals surface area (Å²) in [6.07, 6.45) is -13.7. The molecule has 3 rings (SSSR count). The molecular formula is C20H32N2O10. The number of benzene rings is 1. The molecule has 2 fully saturated rings. The topological polar surface area (TPSA) is 204 Å². The number of aliphatic hydroxyl groups excluding tert-OH is 8. The first-order valence-corrected chi connectivity index (χ1v) is 10.3. The summed E-state index contributed by atoms with van der Waals surface area (Å²) in [6.45, 7) is 2.52. The van der Waals surface area contributed by atoms with Gasteiger partial charge < -0.3 is 61.0 Å². The molecule has 182 valence electrons. The van der Waals surface area contributed by atoms with Gasteiger partial charge in [0.1, 0.15) is 48.8 Å². The molecule has 0 amide bonds. The summed E-state index contributed by atoms with van der Waals surface area (Å²) >= 11 is 0. The van der Waals surface area contributed by atoms with E-state index in [1.807, 2.05) is 13.8 Å². The van der Waals surface area contributed by atoms with Crippen molar-refractivity contribution in [3.63, 3.8) is 0 Å². The number of anilines is 2. The first kappa shape index (κ1) is 25.1. The van der Waals surface area contributed by atoms with Crippen LogP contribution < -0.4 is 10.6 Å². The predicted octanol–water partition coefficient (Wildman–Crippen LogP) is -3.27. The normalized spacial score (nSPS) is 40.2. The van der Waals surface area contributed by atoms with Gasteiger partial charge in [0.15, 0.2) is 12.5 Å². The summed E-state index contributed by atoms with van der Waals surface area (Å²) in [5.74, 6) is 0. The van der Waals surface area contributed by atoms with Crippen molar-refractivity contribution in [2.24, 2.45) is 0 Å². The van der Waals surface area contributed by atoms with Crippen molar-refractivity contribution in [1.82, 2.24) is 0 Å². The minimum atomic E-state index is -1.56. The van der Waals surface area contributed by atoms with Gasteiger partial charge in [-0.3, -0.25) is 0 Å². The van der Waals surface area contributed by atoms with E-state index >= 15 is 0 Å². The number of aliphatic hydroxyl groups is 8. The molecule has 10 atom stereocenters. The van der Waals surface area contributed by atoms with Gasteiger partial charge in [-0.2, -0.15) is 0 Å². The Hall–Kier alpha value is -1.58. The Balaban J connectivity index is 1.86. The van der Waals surface area contributed by atoms with Gasteiger partial charge >= 0.3 is 0 Å². The minimum absolute atomic E-state index is 0.370. The first-order chi connectivity index (χ1) is 15.1. The fourth-order valence-electron chi connectivity index (χ4n) is 3.80. The SMILES string of the molecule is Cc1cc(NC2OC(CO)C(O)C(O)C2O)c(NC2OC(CO)C(O)C(O)C2O)cc1C. The molecule has 0 bridgehead atoms. The lowest BCUT2D eigenvalue weighted by Crippen LogP contribution is -2.61. The Bertz CT molecular complexity index is 716. The average molecular weight is 460 g/mol. The van der Waals surface area contributed by atoms with Crippen molar-refractivity contribution >= 4 is 11.4 Å². The smallest absolute Gasteiger partial charge is 0.157 e. The van der Waals surface area contributed by atoms with Gasteiger partial charge in [0, 0.05) is 0 Å². The van der Waals surface area contributed by atoms with Gasteiger partial charge in [0.25, 0.3) is 0 Å².